The Hall–Kier alpha value is -1.16. The molecule has 0 aromatic heterocycles. The van der Waals surface area contributed by atoms with Gasteiger partial charge in [-0.3, -0.25) is 4.99 Å². The fourth-order valence-corrected chi connectivity index (χ4v) is 3.91. The Bertz CT molecular complexity index is 689. The van der Waals surface area contributed by atoms with Gasteiger partial charge in [-0.25, -0.2) is 0 Å². The maximum Gasteiger partial charge on any atom is 0.159 e. The SMILES string of the molecule is Clc1ccc(CN(Cc2ccccc2)C2=NCCCS2)c(Cl)c1. The van der Waals surface area contributed by atoms with Crippen LogP contribution < -0.4 is 0 Å². The Kier molecular flexibility index (Phi) is 5.87. The molecular formula is C18H18Cl2N2S. The predicted octanol–water partition coefficient (Wildman–Crippen LogP) is 5.49. The zero-order chi connectivity index (χ0) is 16.1. The lowest BCUT2D eigenvalue weighted by Crippen LogP contribution is -2.30. The molecule has 5 heteroatoms. The smallest absolute Gasteiger partial charge is 0.159 e. The fraction of sp³-hybridized carbons (Fsp3) is 0.278. The normalized spacial score (nSPS) is 14.4. The molecule has 2 aromatic rings. The summed E-state index contributed by atoms with van der Waals surface area (Å²) in [5, 5.41) is 2.47. The summed E-state index contributed by atoms with van der Waals surface area (Å²) in [6.45, 7) is 2.46. The van der Waals surface area contributed by atoms with Gasteiger partial charge in [0, 0.05) is 35.4 Å². The molecule has 2 aromatic carbocycles. The van der Waals surface area contributed by atoms with E-state index in [1.807, 2.05) is 30.0 Å². The topological polar surface area (TPSA) is 15.6 Å². The highest BCUT2D eigenvalue weighted by Crippen LogP contribution is 2.25. The molecule has 0 atom stereocenters. The molecule has 3 rings (SSSR count). The Morgan fingerprint density at radius 1 is 1.04 bits per heavy atom. The highest BCUT2D eigenvalue weighted by Gasteiger charge is 2.17. The Morgan fingerprint density at radius 2 is 1.87 bits per heavy atom. The number of hydrogen-bond acceptors (Lipinski definition) is 3. The molecule has 1 heterocycles. The zero-order valence-corrected chi connectivity index (χ0v) is 15.0. The van der Waals surface area contributed by atoms with Gasteiger partial charge in [0.2, 0.25) is 0 Å². The summed E-state index contributed by atoms with van der Waals surface area (Å²) in [6, 6.07) is 16.1. The van der Waals surface area contributed by atoms with Gasteiger partial charge in [0.1, 0.15) is 0 Å². The molecule has 120 valence electrons. The third kappa shape index (κ3) is 4.66. The van der Waals surface area contributed by atoms with E-state index in [-0.39, 0.29) is 0 Å². The zero-order valence-electron chi connectivity index (χ0n) is 12.7. The van der Waals surface area contributed by atoms with Gasteiger partial charge >= 0.3 is 0 Å². The molecule has 0 radical (unpaired) electrons. The third-order valence-corrected chi connectivity index (χ3v) is 5.37. The lowest BCUT2D eigenvalue weighted by Gasteiger charge is -2.28. The minimum Gasteiger partial charge on any atom is -0.343 e. The van der Waals surface area contributed by atoms with Crippen molar-refractivity contribution in [2.24, 2.45) is 4.99 Å². The van der Waals surface area contributed by atoms with Crippen LogP contribution in [0.4, 0.5) is 0 Å². The van der Waals surface area contributed by atoms with Crippen molar-refractivity contribution in [3.05, 3.63) is 69.7 Å². The number of aliphatic imine (C=N–C) groups is 1. The first kappa shape index (κ1) is 16.7. The predicted molar refractivity (Wildman–Crippen MR) is 102 cm³/mol. The number of thioether (sulfide) groups is 1. The van der Waals surface area contributed by atoms with Gasteiger partial charge in [-0.05, 0) is 29.7 Å². The maximum absolute atomic E-state index is 6.36. The minimum absolute atomic E-state index is 0.665. The summed E-state index contributed by atoms with van der Waals surface area (Å²) in [5.74, 6) is 1.12. The second-order valence-corrected chi connectivity index (χ2v) is 7.35. The first-order valence-electron chi connectivity index (χ1n) is 7.62. The number of halogens is 2. The maximum atomic E-state index is 6.36. The number of amidine groups is 1. The van der Waals surface area contributed by atoms with Crippen LogP contribution in [0.3, 0.4) is 0 Å². The van der Waals surface area contributed by atoms with Crippen LogP contribution in [0.5, 0.6) is 0 Å². The highest BCUT2D eigenvalue weighted by atomic mass is 35.5. The molecule has 0 aliphatic carbocycles. The van der Waals surface area contributed by atoms with Crippen LogP contribution in [0.1, 0.15) is 17.5 Å². The van der Waals surface area contributed by atoms with Crippen LogP contribution >= 0.6 is 35.0 Å². The molecule has 23 heavy (non-hydrogen) atoms. The van der Waals surface area contributed by atoms with Crippen molar-refractivity contribution in [1.82, 2.24) is 4.90 Å². The molecule has 0 N–H and O–H groups in total. The number of nitrogens with zero attached hydrogens (tertiary/aromatic N) is 2. The van der Waals surface area contributed by atoms with Crippen molar-refractivity contribution in [2.75, 3.05) is 12.3 Å². The van der Waals surface area contributed by atoms with Crippen LogP contribution in [-0.2, 0) is 13.1 Å². The molecule has 0 unspecified atom stereocenters. The van der Waals surface area contributed by atoms with Crippen LogP contribution in [0, 0.1) is 0 Å². The molecule has 0 saturated carbocycles. The Labute approximate surface area is 151 Å². The lowest BCUT2D eigenvalue weighted by atomic mass is 10.2. The molecule has 1 aliphatic rings. The van der Waals surface area contributed by atoms with Crippen molar-refractivity contribution in [3.63, 3.8) is 0 Å². The van der Waals surface area contributed by atoms with Crippen molar-refractivity contribution in [3.8, 4) is 0 Å². The number of rotatable bonds is 4. The molecule has 0 saturated heterocycles. The van der Waals surface area contributed by atoms with Crippen molar-refractivity contribution >= 4 is 40.1 Å². The van der Waals surface area contributed by atoms with E-state index in [2.05, 4.69) is 29.2 Å². The molecule has 0 spiro atoms. The summed E-state index contributed by atoms with van der Waals surface area (Å²) >= 11 is 14.2. The monoisotopic (exact) mass is 364 g/mol. The van der Waals surface area contributed by atoms with Crippen LogP contribution in [0.25, 0.3) is 0 Å². The van der Waals surface area contributed by atoms with Gasteiger partial charge < -0.3 is 4.90 Å². The van der Waals surface area contributed by atoms with Crippen molar-refractivity contribution < 1.29 is 0 Å². The first-order valence-corrected chi connectivity index (χ1v) is 9.36. The second kappa shape index (κ2) is 8.09. The van der Waals surface area contributed by atoms with Gasteiger partial charge in [0.25, 0.3) is 0 Å². The van der Waals surface area contributed by atoms with E-state index in [0.29, 0.717) is 10.0 Å². The molecular weight excluding hydrogens is 347 g/mol. The first-order chi connectivity index (χ1) is 11.2. The fourth-order valence-electron chi connectivity index (χ4n) is 2.49. The van der Waals surface area contributed by atoms with E-state index < -0.39 is 0 Å². The van der Waals surface area contributed by atoms with Gasteiger partial charge in [0.05, 0.1) is 0 Å². The summed E-state index contributed by atoms with van der Waals surface area (Å²) in [7, 11) is 0. The van der Waals surface area contributed by atoms with E-state index in [1.165, 1.54) is 5.56 Å². The van der Waals surface area contributed by atoms with Crippen LogP contribution in [-0.4, -0.2) is 22.4 Å². The van der Waals surface area contributed by atoms with E-state index >= 15 is 0 Å². The van der Waals surface area contributed by atoms with E-state index in [4.69, 9.17) is 28.2 Å². The highest BCUT2D eigenvalue weighted by molar-refractivity contribution is 8.13. The molecule has 0 amide bonds. The van der Waals surface area contributed by atoms with Crippen LogP contribution in [0.15, 0.2) is 53.5 Å². The van der Waals surface area contributed by atoms with Crippen LogP contribution in [0.2, 0.25) is 10.0 Å². The summed E-state index contributed by atoms with van der Waals surface area (Å²) in [6.07, 6.45) is 1.15. The third-order valence-electron chi connectivity index (χ3n) is 3.64. The number of benzene rings is 2. The van der Waals surface area contributed by atoms with Gasteiger partial charge in [-0.2, -0.15) is 0 Å². The summed E-state index contributed by atoms with van der Waals surface area (Å²) in [4.78, 5) is 7.01. The van der Waals surface area contributed by atoms with Gasteiger partial charge in [0.15, 0.2) is 5.17 Å². The van der Waals surface area contributed by atoms with E-state index in [1.54, 1.807) is 6.07 Å². The molecule has 2 nitrogen and oxygen atoms in total. The molecule has 0 fully saturated rings. The average molecular weight is 365 g/mol. The van der Waals surface area contributed by atoms with Crippen molar-refractivity contribution in [1.29, 1.82) is 0 Å². The molecule has 0 bridgehead atoms. The molecule has 1 aliphatic heterocycles. The van der Waals surface area contributed by atoms with Crippen molar-refractivity contribution in [2.45, 2.75) is 19.5 Å². The summed E-state index contributed by atoms with van der Waals surface area (Å²) < 4.78 is 0. The Morgan fingerprint density at radius 3 is 2.57 bits per heavy atom. The quantitative estimate of drug-likeness (QED) is 0.712. The summed E-state index contributed by atoms with van der Waals surface area (Å²) in [5.41, 5.74) is 2.34. The van der Waals surface area contributed by atoms with Gasteiger partial charge in [-0.15, -0.1) is 0 Å². The minimum atomic E-state index is 0.665. The van der Waals surface area contributed by atoms with E-state index in [9.17, 15) is 0 Å². The standard InChI is InChI=1S/C18H18Cl2N2S/c19-16-8-7-15(17(20)11-16)13-22(18-21-9-4-10-23-18)12-14-5-2-1-3-6-14/h1-3,5-8,11H,4,9-10,12-13H2. The number of hydrogen-bond donors (Lipinski definition) is 0. The van der Waals surface area contributed by atoms with Gasteiger partial charge in [-0.1, -0.05) is 71.4 Å². The largest absolute Gasteiger partial charge is 0.343 e. The Balaban J connectivity index is 1.83. The second-order valence-electron chi connectivity index (χ2n) is 5.44. The van der Waals surface area contributed by atoms with E-state index in [0.717, 1.165) is 42.5 Å². The lowest BCUT2D eigenvalue weighted by molar-refractivity contribution is 0.412. The average Bonchev–Trinajstić information content (AvgIpc) is 2.58.